The van der Waals surface area contributed by atoms with E-state index >= 15 is 0 Å². The Kier molecular flexibility index (Phi) is 2.87. The number of aromatic amines is 1. The van der Waals surface area contributed by atoms with E-state index in [0.717, 1.165) is 20.9 Å². The van der Waals surface area contributed by atoms with Gasteiger partial charge in [0.2, 0.25) is 0 Å². The highest BCUT2D eigenvalue weighted by Crippen LogP contribution is 2.36. The molecule has 3 heterocycles. The fraction of sp³-hybridized carbons (Fsp3) is 0.0833. The summed E-state index contributed by atoms with van der Waals surface area (Å²) in [6.07, 6.45) is 4.96. The quantitative estimate of drug-likeness (QED) is 0.754. The molecule has 0 unspecified atom stereocenters. The van der Waals surface area contributed by atoms with Crippen molar-refractivity contribution in [2.24, 2.45) is 0 Å². The number of H-pyrrole nitrogens is 1. The molecule has 0 saturated carbocycles. The lowest BCUT2D eigenvalue weighted by Crippen LogP contribution is -1.84. The Morgan fingerprint density at radius 3 is 2.78 bits per heavy atom. The van der Waals surface area contributed by atoms with Gasteiger partial charge in [-0.2, -0.15) is 5.10 Å². The maximum atomic E-state index is 9.41. The third kappa shape index (κ3) is 1.92. The van der Waals surface area contributed by atoms with Gasteiger partial charge in [-0.3, -0.25) is 10.1 Å². The van der Waals surface area contributed by atoms with Crippen LogP contribution in [-0.4, -0.2) is 25.3 Å². The van der Waals surface area contributed by atoms with E-state index in [9.17, 15) is 5.11 Å². The predicted octanol–water partition coefficient (Wildman–Crippen LogP) is 2.09. The predicted molar refractivity (Wildman–Crippen MR) is 68.8 cm³/mol. The van der Waals surface area contributed by atoms with Crippen molar-refractivity contribution in [2.75, 3.05) is 0 Å². The highest BCUT2D eigenvalue weighted by atomic mass is 32.1. The van der Waals surface area contributed by atoms with E-state index in [-0.39, 0.29) is 6.61 Å². The normalized spacial score (nSPS) is 10.7. The van der Waals surface area contributed by atoms with Crippen LogP contribution in [-0.2, 0) is 6.61 Å². The van der Waals surface area contributed by atoms with E-state index < -0.39 is 0 Å². The number of pyridine rings is 1. The number of rotatable bonds is 3. The van der Waals surface area contributed by atoms with Crippen LogP contribution in [0.15, 0.2) is 36.9 Å². The smallest absolute Gasteiger partial charge is 0.165 e. The standard InChI is InChI=1S/C12H10N4OS/c17-6-9-5-10(8-1-3-13-4-2-8)18-11(9)12-14-7-15-16-12/h1-5,7,17H,6H2,(H,14,15,16). The van der Waals surface area contributed by atoms with Crippen LogP contribution in [0.5, 0.6) is 0 Å². The lowest BCUT2D eigenvalue weighted by Gasteiger charge is -1.94. The lowest BCUT2D eigenvalue weighted by atomic mass is 10.2. The molecule has 6 heteroatoms. The Hall–Kier alpha value is -2.05. The van der Waals surface area contributed by atoms with Crippen molar-refractivity contribution in [2.45, 2.75) is 6.61 Å². The van der Waals surface area contributed by atoms with E-state index in [2.05, 4.69) is 20.2 Å². The Morgan fingerprint density at radius 1 is 1.28 bits per heavy atom. The fourth-order valence-electron chi connectivity index (χ4n) is 1.72. The van der Waals surface area contributed by atoms with Gasteiger partial charge in [0.15, 0.2) is 5.82 Å². The zero-order valence-electron chi connectivity index (χ0n) is 9.37. The first-order valence-corrected chi connectivity index (χ1v) is 6.20. The monoisotopic (exact) mass is 258 g/mol. The second kappa shape index (κ2) is 4.67. The average molecular weight is 258 g/mol. The van der Waals surface area contributed by atoms with Crippen LogP contribution in [0, 0.1) is 0 Å². The molecule has 5 nitrogen and oxygen atoms in total. The Balaban J connectivity index is 2.09. The maximum absolute atomic E-state index is 9.41. The second-order valence-corrected chi connectivity index (χ2v) is 4.75. The third-order valence-corrected chi connectivity index (χ3v) is 3.81. The van der Waals surface area contributed by atoms with E-state index in [1.54, 1.807) is 23.7 Å². The zero-order valence-corrected chi connectivity index (χ0v) is 10.2. The molecule has 0 radical (unpaired) electrons. The summed E-state index contributed by atoms with van der Waals surface area (Å²) in [6.45, 7) is -0.0163. The number of nitrogens with one attached hydrogen (secondary N) is 1. The van der Waals surface area contributed by atoms with Gasteiger partial charge in [0.1, 0.15) is 6.33 Å². The molecule has 0 aliphatic heterocycles. The lowest BCUT2D eigenvalue weighted by molar-refractivity contribution is 0.283. The van der Waals surface area contributed by atoms with Crippen molar-refractivity contribution in [3.8, 4) is 21.1 Å². The van der Waals surface area contributed by atoms with Crippen LogP contribution < -0.4 is 0 Å². The van der Waals surface area contributed by atoms with Crippen molar-refractivity contribution in [3.05, 3.63) is 42.5 Å². The molecule has 0 spiro atoms. The number of aliphatic hydroxyl groups is 1. The van der Waals surface area contributed by atoms with Gasteiger partial charge in [0, 0.05) is 17.3 Å². The summed E-state index contributed by atoms with van der Waals surface area (Å²) in [5.74, 6) is 0.685. The first-order chi connectivity index (χ1) is 8.88. The van der Waals surface area contributed by atoms with Gasteiger partial charge < -0.3 is 5.11 Å². The minimum absolute atomic E-state index is 0.0163. The molecule has 0 aliphatic rings. The molecular weight excluding hydrogens is 248 g/mol. The summed E-state index contributed by atoms with van der Waals surface area (Å²) >= 11 is 1.57. The minimum atomic E-state index is -0.0163. The molecule has 2 N–H and O–H groups in total. The van der Waals surface area contributed by atoms with Gasteiger partial charge >= 0.3 is 0 Å². The largest absolute Gasteiger partial charge is 0.392 e. The summed E-state index contributed by atoms with van der Waals surface area (Å²) in [7, 11) is 0. The van der Waals surface area contributed by atoms with Gasteiger partial charge in [0.05, 0.1) is 11.5 Å². The minimum Gasteiger partial charge on any atom is -0.392 e. The van der Waals surface area contributed by atoms with E-state index in [1.165, 1.54) is 6.33 Å². The van der Waals surface area contributed by atoms with Crippen LogP contribution in [0.2, 0.25) is 0 Å². The average Bonchev–Trinajstić information content (AvgIpc) is 3.08. The number of hydrogen-bond acceptors (Lipinski definition) is 5. The van der Waals surface area contributed by atoms with Gasteiger partial charge in [-0.05, 0) is 29.3 Å². The summed E-state index contributed by atoms with van der Waals surface area (Å²) in [6, 6.07) is 5.85. The van der Waals surface area contributed by atoms with Crippen LogP contribution in [0.3, 0.4) is 0 Å². The van der Waals surface area contributed by atoms with Crippen LogP contribution in [0.1, 0.15) is 5.56 Å². The number of aliphatic hydroxyl groups excluding tert-OH is 1. The van der Waals surface area contributed by atoms with E-state index in [1.807, 2.05) is 18.2 Å². The highest BCUT2D eigenvalue weighted by molar-refractivity contribution is 7.19. The number of nitrogens with zero attached hydrogens (tertiary/aromatic N) is 3. The Bertz CT molecular complexity index is 633. The molecule has 0 aromatic carbocycles. The number of aromatic nitrogens is 4. The molecular formula is C12H10N4OS. The number of thiophene rings is 1. The van der Waals surface area contributed by atoms with Gasteiger partial charge in [-0.1, -0.05) is 0 Å². The Labute approximate surface area is 107 Å². The molecule has 0 bridgehead atoms. The molecule has 0 atom stereocenters. The summed E-state index contributed by atoms with van der Waals surface area (Å²) < 4.78 is 0. The van der Waals surface area contributed by atoms with Crippen LogP contribution in [0.25, 0.3) is 21.1 Å². The fourth-order valence-corrected chi connectivity index (χ4v) is 2.84. The molecule has 0 aliphatic carbocycles. The topological polar surface area (TPSA) is 74.7 Å². The summed E-state index contributed by atoms with van der Waals surface area (Å²) in [5, 5.41) is 16.1. The summed E-state index contributed by atoms with van der Waals surface area (Å²) in [4.78, 5) is 10.1. The Morgan fingerprint density at radius 2 is 2.11 bits per heavy atom. The SMILES string of the molecule is OCc1cc(-c2ccncc2)sc1-c1ncn[nH]1. The molecule has 18 heavy (non-hydrogen) atoms. The van der Waals surface area contributed by atoms with Crippen LogP contribution >= 0.6 is 11.3 Å². The zero-order chi connectivity index (χ0) is 12.4. The number of hydrogen-bond donors (Lipinski definition) is 2. The molecule has 3 aromatic heterocycles. The molecule has 90 valence electrons. The summed E-state index contributed by atoms with van der Waals surface area (Å²) in [5.41, 5.74) is 1.93. The molecule has 3 aromatic rings. The van der Waals surface area contributed by atoms with Crippen molar-refractivity contribution >= 4 is 11.3 Å². The van der Waals surface area contributed by atoms with Crippen LogP contribution in [0.4, 0.5) is 0 Å². The maximum Gasteiger partial charge on any atom is 0.165 e. The van der Waals surface area contributed by atoms with Crippen molar-refractivity contribution in [1.82, 2.24) is 20.2 Å². The van der Waals surface area contributed by atoms with Crippen molar-refractivity contribution < 1.29 is 5.11 Å². The third-order valence-electron chi connectivity index (χ3n) is 2.57. The van der Waals surface area contributed by atoms with E-state index in [0.29, 0.717) is 5.82 Å². The van der Waals surface area contributed by atoms with E-state index in [4.69, 9.17) is 0 Å². The highest BCUT2D eigenvalue weighted by Gasteiger charge is 2.13. The second-order valence-electron chi connectivity index (χ2n) is 3.69. The van der Waals surface area contributed by atoms with Crippen molar-refractivity contribution in [3.63, 3.8) is 0 Å². The van der Waals surface area contributed by atoms with Gasteiger partial charge in [-0.25, -0.2) is 4.98 Å². The van der Waals surface area contributed by atoms with Gasteiger partial charge in [0.25, 0.3) is 0 Å². The molecule has 0 saturated heterocycles. The van der Waals surface area contributed by atoms with Crippen molar-refractivity contribution in [1.29, 1.82) is 0 Å². The van der Waals surface area contributed by atoms with Gasteiger partial charge in [-0.15, -0.1) is 11.3 Å². The molecule has 0 amide bonds. The molecule has 3 rings (SSSR count). The first-order valence-electron chi connectivity index (χ1n) is 5.38. The first kappa shape index (κ1) is 11.1. The molecule has 0 fully saturated rings.